The number of halogens is 3. The van der Waals surface area contributed by atoms with Crippen LogP contribution in [0.4, 0.5) is 0 Å². The van der Waals surface area contributed by atoms with Crippen LogP contribution in [0.3, 0.4) is 0 Å². The zero-order chi connectivity index (χ0) is 8.72. The molecule has 0 aliphatic rings. The van der Waals surface area contributed by atoms with Crippen molar-refractivity contribution in [1.29, 1.82) is 0 Å². The monoisotopic (exact) mass is 309 g/mol. The van der Waals surface area contributed by atoms with Gasteiger partial charge in [-0.05, 0) is 37.9 Å². The summed E-state index contributed by atoms with van der Waals surface area (Å²) in [7, 11) is 0. The largest absolute Gasteiger partial charge is 0.265 e. The number of H-pyrrole nitrogens is 1. The molecule has 2 heterocycles. The van der Waals surface area contributed by atoms with Gasteiger partial charge in [-0.1, -0.05) is 11.6 Å². The Kier molecular flexibility index (Phi) is 2.10. The minimum atomic E-state index is 0.451. The molecule has 0 fully saturated rings. The fourth-order valence-electron chi connectivity index (χ4n) is 0.895. The summed E-state index contributed by atoms with van der Waals surface area (Å²) in [6, 6.07) is 1.82. The second kappa shape index (κ2) is 2.97. The third-order valence-corrected chi connectivity index (χ3v) is 2.66. The van der Waals surface area contributed by atoms with Gasteiger partial charge in [-0.3, -0.25) is 5.10 Å². The molecule has 0 saturated heterocycles. The molecule has 2 aromatic heterocycles. The summed E-state index contributed by atoms with van der Waals surface area (Å²) in [5.74, 6) is 0. The average molecular weight is 311 g/mol. The Hall–Kier alpha value is -0.130. The molecule has 0 spiro atoms. The highest BCUT2D eigenvalue weighted by Gasteiger charge is 2.08. The fourth-order valence-corrected chi connectivity index (χ4v) is 2.28. The molecule has 2 aromatic rings. The summed E-state index contributed by atoms with van der Waals surface area (Å²) in [5.41, 5.74) is 1.40. The number of rotatable bonds is 0. The lowest BCUT2D eigenvalue weighted by molar-refractivity contribution is 1.12. The molecule has 0 aromatic carbocycles. The van der Waals surface area contributed by atoms with Gasteiger partial charge in [0, 0.05) is 0 Å². The van der Waals surface area contributed by atoms with E-state index in [2.05, 4.69) is 47.0 Å². The zero-order valence-corrected chi connectivity index (χ0v) is 9.53. The van der Waals surface area contributed by atoms with Gasteiger partial charge in [0.05, 0.1) is 4.47 Å². The van der Waals surface area contributed by atoms with Crippen LogP contribution in [-0.4, -0.2) is 15.2 Å². The normalized spacial score (nSPS) is 10.9. The molecule has 0 radical (unpaired) electrons. The number of aromatic nitrogens is 3. The predicted octanol–water partition coefficient (Wildman–Crippen LogP) is 3.14. The fraction of sp³-hybridized carbons (Fsp3) is 0. The van der Waals surface area contributed by atoms with Gasteiger partial charge in [-0.2, -0.15) is 5.10 Å². The topological polar surface area (TPSA) is 41.6 Å². The van der Waals surface area contributed by atoms with E-state index >= 15 is 0 Å². The summed E-state index contributed by atoms with van der Waals surface area (Å²) in [6.45, 7) is 0. The molecule has 2 rings (SSSR count). The predicted molar refractivity (Wildman–Crippen MR) is 54.3 cm³/mol. The maximum atomic E-state index is 5.79. The van der Waals surface area contributed by atoms with Crippen LogP contribution in [0.15, 0.2) is 15.1 Å². The molecule has 3 nitrogen and oxygen atoms in total. The quantitative estimate of drug-likeness (QED) is 0.760. The number of aromatic amines is 1. The molecule has 6 heteroatoms. The lowest BCUT2D eigenvalue weighted by Crippen LogP contribution is -1.78. The van der Waals surface area contributed by atoms with Crippen molar-refractivity contribution in [3.05, 3.63) is 20.3 Å². The highest BCUT2D eigenvalue weighted by molar-refractivity contribution is 9.11. The Bertz CT molecular complexity index is 440. The first-order chi connectivity index (χ1) is 5.68. The first-order valence-electron chi connectivity index (χ1n) is 3.04. The lowest BCUT2D eigenvalue weighted by Gasteiger charge is -1.92. The molecule has 0 atom stereocenters. The average Bonchev–Trinajstić information content (AvgIpc) is 2.33. The van der Waals surface area contributed by atoms with Crippen LogP contribution in [0, 0.1) is 0 Å². The summed E-state index contributed by atoms with van der Waals surface area (Å²) in [5, 5.41) is 7.07. The summed E-state index contributed by atoms with van der Waals surface area (Å²) >= 11 is 12.4. The van der Waals surface area contributed by atoms with Gasteiger partial charge >= 0.3 is 0 Å². The van der Waals surface area contributed by atoms with Crippen molar-refractivity contribution < 1.29 is 0 Å². The molecule has 62 valence electrons. The first kappa shape index (κ1) is 8.47. The number of fused-ring (bicyclic) bond motifs is 1. The van der Waals surface area contributed by atoms with Crippen LogP contribution in [0.1, 0.15) is 0 Å². The van der Waals surface area contributed by atoms with Crippen LogP contribution in [0.5, 0.6) is 0 Å². The van der Waals surface area contributed by atoms with Crippen molar-refractivity contribution in [2.24, 2.45) is 0 Å². The van der Waals surface area contributed by atoms with Crippen molar-refractivity contribution in [2.45, 2.75) is 0 Å². The highest BCUT2D eigenvalue weighted by Crippen LogP contribution is 2.27. The van der Waals surface area contributed by atoms with Crippen molar-refractivity contribution in [3.8, 4) is 0 Å². The Morgan fingerprint density at radius 1 is 1.33 bits per heavy atom. The third kappa shape index (κ3) is 1.26. The van der Waals surface area contributed by atoms with E-state index in [1.165, 1.54) is 0 Å². The second-order valence-electron chi connectivity index (χ2n) is 2.16. The molecule has 1 N–H and O–H groups in total. The molecule has 0 aliphatic heterocycles. The van der Waals surface area contributed by atoms with Gasteiger partial charge in [-0.15, -0.1) is 0 Å². The molecule has 0 bridgehead atoms. The minimum Gasteiger partial charge on any atom is -0.265 e. The number of hydrogen-bond acceptors (Lipinski definition) is 2. The molecule has 0 amide bonds. The smallest absolute Gasteiger partial charge is 0.150 e. The Morgan fingerprint density at radius 2 is 2.08 bits per heavy atom. The number of hydrogen-bond donors (Lipinski definition) is 1. The van der Waals surface area contributed by atoms with Gasteiger partial charge in [0.1, 0.15) is 15.6 Å². The second-order valence-corrected chi connectivity index (χ2v) is 4.21. The van der Waals surface area contributed by atoms with Crippen molar-refractivity contribution >= 4 is 54.5 Å². The molecule has 0 saturated carbocycles. The van der Waals surface area contributed by atoms with E-state index in [-0.39, 0.29) is 0 Å². The van der Waals surface area contributed by atoms with Crippen molar-refractivity contribution in [3.63, 3.8) is 0 Å². The molecular formula is C6H2Br2ClN3. The molecule has 12 heavy (non-hydrogen) atoms. The molecular weight excluding hydrogens is 309 g/mol. The Labute approximate surface area is 89.8 Å². The van der Waals surface area contributed by atoms with E-state index in [4.69, 9.17) is 11.6 Å². The van der Waals surface area contributed by atoms with Crippen molar-refractivity contribution in [1.82, 2.24) is 15.2 Å². The number of nitrogens with zero attached hydrogens (tertiary/aromatic N) is 2. The minimum absolute atomic E-state index is 0.451. The van der Waals surface area contributed by atoms with E-state index in [1.807, 2.05) is 6.07 Å². The molecule has 0 unspecified atom stereocenters. The van der Waals surface area contributed by atoms with E-state index in [9.17, 15) is 0 Å². The van der Waals surface area contributed by atoms with E-state index in [0.29, 0.717) is 10.7 Å². The standard InChI is InChI=1S/C6H2Br2ClN3/c7-2-1-3(8)10-5-4(2)11-12-6(5)9/h1H,(H,11,12). The summed E-state index contributed by atoms with van der Waals surface area (Å²) < 4.78 is 1.59. The Morgan fingerprint density at radius 3 is 2.83 bits per heavy atom. The summed E-state index contributed by atoms with van der Waals surface area (Å²) in [4.78, 5) is 4.16. The Balaban J connectivity index is 2.92. The van der Waals surface area contributed by atoms with Crippen molar-refractivity contribution in [2.75, 3.05) is 0 Å². The van der Waals surface area contributed by atoms with Crippen LogP contribution in [0.25, 0.3) is 11.0 Å². The van der Waals surface area contributed by atoms with Gasteiger partial charge < -0.3 is 0 Å². The van der Waals surface area contributed by atoms with E-state index in [1.54, 1.807) is 0 Å². The van der Waals surface area contributed by atoms with Gasteiger partial charge in [0.15, 0.2) is 5.15 Å². The van der Waals surface area contributed by atoms with Crippen LogP contribution >= 0.6 is 43.5 Å². The highest BCUT2D eigenvalue weighted by atomic mass is 79.9. The maximum absolute atomic E-state index is 5.79. The lowest BCUT2D eigenvalue weighted by atomic mass is 10.4. The summed E-state index contributed by atoms with van der Waals surface area (Å²) in [6.07, 6.45) is 0. The van der Waals surface area contributed by atoms with Crippen LogP contribution < -0.4 is 0 Å². The molecule has 0 aliphatic carbocycles. The number of pyridine rings is 1. The zero-order valence-electron chi connectivity index (χ0n) is 5.61. The van der Waals surface area contributed by atoms with Crippen LogP contribution in [0.2, 0.25) is 5.15 Å². The SMILES string of the molecule is Clc1[nH]nc2c(Br)cc(Br)nc12. The number of nitrogens with one attached hydrogen (secondary N) is 1. The van der Waals surface area contributed by atoms with Crippen LogP contribution in [-0.2, 0) is 0 Å². The van der Waals surface area contributed by atoms with Gasteiger partial charge in [0.25, 0.3) is 0 Å². The van der Waals surface area contributed by atoms with E-state index in [0.717, 1.165) is 14.6 Å². The van der Waals surface area contributed by atoms with Gasteiger partial charge in [-0.25, -0.2) is 4.98 Å². The first-order valence-corrected chi connectivity index (χ1v) is 5.00. The third-order valence-electron chi connectivity index (χ3n) is 1.39. The van der Waals surface area contributed by atoms with Gasteiger partial charge in [0.2, 0.25) is 0 Å². The maximum Gasteiger partial charge on any atom is 0.150 e. The van der Waals surface area contributed by atoms with E-state index < -0.39 is 0 Å².